The summed E-state index contributed by atoms with van der Waals surface area (Å²) in [7, 11) is 0. The second-order valence-electron chi connectivity index (χ2n) is 3.64. The molecule has 0 unspecified atom stereocenters. The third-order valence-electron chi connectivity index (χ3n) is 2.40. The Balaban J connectivity index is 2.40. The van der Waals surface area contributed by atoms with Crippen LogP contribution < -0.4 is 0 Å². The number of carboxylic acids is 1. The van der Waals surface area contributed by atoms with E-state index < -0.39 is 5.97 Å². The van der Waals surface area contributed by atoms with Gasteiger partial charge < -0.3 is 9.52 Å². The predicted molar refractivity (Wildman–Crippen MR) is 68.5 cm³/mol. The zero-order valence-corrected chi connectivity index (χ0v) is 11.3. The molecule has 6 heteroatoms. The molecule has 2 aromatic rings. The van der Waals surface area contributed by atoms with E-state index in [9.17, 15) is 4.79 Å². The van der Waals surface area contributed by atoms with Gasteiger partial charge >= 0.3 is 5.97 Å². The summed E-state index contributed by atoms with van der Waals surface area (Å²) in [5.74, 6) is -0.348. The highest BCUT2D eigenvalue weighted by molar-refractivity contribution is 7.99. The van der Waals surface area contributed by atoms with Crippen LogP contribution in [0.15, 0.2) is 32.7 Å². The van der Waals surface area contributed by atoms with Gasteiger partial charge in [0.15, 0.2) is 0 Å². The van der Waals surface area contributed by atoms with E-state index in [1.807, 2.05) is 13.8 Å². The van der Waals surface area contributed by atoms with Crippen LogP contribution in [-0.2, 0) is 0 Å². The maximum absolute atomic E-state index is 11.2. The molecule has 18 heavy (non-hydrogen) atoms. The van der Waals surface area contributed by atoms with Crippen molar-refractivity contribution in [2.24, 2.45) is 0 Å². The van der Waals surface area contributed by atoms with Crippen molar-refractivity contribution in [3.63, 3.8) is 0 Å². The van der Waals surface area contributed by atoms with Crippen molar-refractivity contribution >= 4 is 29.3 Å². The van der Waals surface area contributed by atoms with Gasteiger partial charge in [0.25, 0.3) is 5.22 Å². The number of hydrogen-bond donors (Lipinski definition) is 1. The fraction of sp³-hybridized carbons (Fsp3) is 0.167. The first-order valence-corrected chi connectivity index (χ1v) is 6.32. The molecule has 4 nitrogen and oxygen atoms in total. The lowest BCUT2D eigenvalue weighted by atomic mass is 10.2. The van der Waals surface area contributed by atoms with E-state index in [0.717, 1.165) is 23.2 Å². The molecule has 0 bridgehead atoms. The van der Waals surface area contributed by atoms with Gasteiger partial charge in [-0.2, -0.15) is 0 Å². The van der Waals surface area contributed by atoms with Crippen molar-refractivity contribution < 1.29 is 14.3 Å². The summed E-state index contributed by atoms with van der Waals surface area (Å²) < 4.78 is 5.41. The van der Waals surface area contributed by atoms with E-state index in [1.165, 1.54) is 0 Å². The first kappa shape index (κ1) is 13.0. The normalized spacial score (nSPS) is 10.6. The van der Waals surface area contributed by atoms with Gasteiger partial charge in [0.1, 0.15) is 5.76 Å². The standard InChI is InChI=1S/C12H10ClNO3S/c1-6-7(2)17-12(14-6)18-9-5-3-4-8(13)10(9)11(15)16/h3-5H,1-2H3,(H,15,16). The van der Waals surface area contributed by atoms with Crippen LogP contribution in [0.1, 0.15) is 21.8 Å². The second-order valence-corrected chi connectivity index (χ2v) is 5.04. The summed E-state index contributed by atoms with van der Waals surface area (Å²) in [6, 6.07) is 4.91. The van der Waals surface area contributed by atoms with Gasteiger partial charge in [0.2, 0.25) is 0 Å². The highest BCUT2D eigenvalue weighted by Crippen LogP contribution is 2.34. The molecule has 0 spiro atoms. The van der Waals surface area contributed by atoms with Gasteiger partial charge in [-0.3, -0.25) is 0 Å². The van der Waals surface area contributed by atoms with E-state index in [0.29, 0.717) is 10.1 Å². The Hall–Kier alpha value is -1.46. The number of aromatic nitrogens is 1. The SMILES string of the molecule is Cc1nc(Sc2cccc(Cl)c2C(=O)O)oc1C. The molecule has 0 saturated heterocycles. The average Bonchev–Trinajstić information content (AvgIpc) is 2.57. The minimum absolute atomic E-state index is 0.0673. The van der Waals surface area contributed by atoms with E-state index in [4.69, 9.17) is 21.1 Å². The average molecular weight is 284 g/mol. The molecule has 0 aliphatic carbocycles. The number of halogens is 1. The number of aryl methyl sites for hydroxylation is 2. The van der Waals surface area contributed by atoms with Crippen molar-refractivity contribution in [1.82, 2.24) is 4.98 Å². The van der Waals surface area contributed by atoms with Gasteiger partial charge in [0.05, 0.1) is 16.3 Å². The summed E-state index contributed by atoms with van der Waals surface area (Å²) in [6.45, 7) is 3.64. The van der Waals surface area contributed by atoms with E-state index in [1.54, 1.807) is 18.2 Å². The van der Waals surface area contributed by atoms with Crippen molar-refractivity contribution in [3.8, 4) is 0 Å². The number of benzene rings is 1. The van der Waals surface area contributed by atoms with Crippen LogP contribution in [0.2, 0.25) is 5.02 Å². The molecule has 1 aromatic heterocycles. The minimum atomic E-state index is -1.07. The lowest BCUT2D eigenvalue weighted by Crippen LogP contribution is -1.99. The minimum Gasteiger partial charge on any atom is -0.478 e. The van der Waals surface area contributed by atoms with Crippen LogP contribution in [-0.4, -0.2) is 16.1 Å². The van der Waals surface area contributed by atoms with Gasteiger partial charge in [-0.25, -0.2) is 9.78 Å². The lowest BCUT2D eigenvalue weighted by Gasteiger charge is -2.04. The number of carbonyl (C=O) groups is 1. The van der Waals surface area contributed by atoms with Gasteiger partial charge in [-0.1, -0.05) is 17.7 Å². The third-order valence-corrected chi connectivity index (χ3v) is 3.62. The topological polar surface area (TPSA) is 63.3 Å². The maximum atomic E-state index is 11.2. The number of aromatic carboxylic acids is 1. The van der Waals surface area contributed by atoms with Crippen LogP contribution >= 0.6 is 23.4 Å². The van der Waals surface area contributed by atoms with Gasteiger partial charge in [0, 0.05) is 4.90 Å². The highest BCUT2D eigenvalue weighted by atomic mass is 35.5. The quantitative estimate of drug-likeness (QED) is 0.928. The molecule has 0 saturated carbocycles. The highest BCUT2D eigenvalue weighted by Gasteiger charge is 2.17. The smallest absolute Gasteiger partial charge is 0.338 e. The van der Waals surface area contributed by atoms with Crippen molar-refractivity contribution in [1.29, 1.82) is 0 Å². The first-order chi connectivity index (χ1) is 8.49. The van der Waals surface area contributed by atoms with Crippen molar-refractivity contribution in [2.45, 2.75) is 24.0 Å². The molecule has 0 aliphatic rings. The summed E-state index contributed by atoms with van der Waals surface area (Å²) >= 11 is 7.03. The molecule has 0 fully saturated rings. The van der Waals surface area contributed by atoms with Gasteiger partial charge in [-0.15, -0.1) is 0 Å². The summed E-state index contributed by atoms with van der Waals surface area (Å²) in [4.78, 5) is 15.9. The van der Waals surface area contributed by atoms with Crippen molar-refractivity contribution in [2.75, 3.05) is 0 Å². The molecule has 0 amide bonds. The van der Waals surface area contributed by atoms with Crippen LogP contribution in [0.25, 0.3) is 0 Å². The Morgan fingerprint density at radius 2 is 2.17 bits per heavy atom. The van der Waals surface area contributed by atoms with Crippen LogP contribution in [0, 0.1) is 13.8 Å². The first-order valence-electron chi connectivity index (χ1n) is 5.12. The fourth-order valence-corrected chi connectivity index (χ4v) is 2.67. The largest absolute Gasteiger partial charge is 0.478 e. The summed E-state index contributed by atoms with van der Waals surface area (Å²) in [5, 5.41) is 9.75. The Kier molecular flexibility index (Phi) is 3.63. The number of oxazole rings is 1. The van der Waals surface area contributed by atoms with E-state index >= 15 is 0 Å². The molecule has 2 rings (SSSR count). The van der Waals surface area contributed by atoms with Crippen LogP contribution in [0.5, 0.6) is 0 Å². The van der Waals surface area contributed by atoms with E-state index in [2.05, 4.69) is 4.98 Å². The number of nitrogens with zero attached hydrogens (tertiary/aromatic N) is 1. The van der Waals surface area contributed by atoms with E-state index in [-0.39, 0.29) is 10.6 Å². The summed E-state index contributed by atoms with van der Waals surface area (Å²) in [5.41, 5.74) is 0.856. The lowest BCUT2D eigenvalue weighted by molar-refractivity contribution is 0.0693. The predicted octanol–water partition coefficient (Wildman–Crippen LogP) is 3.79. The molecule has 1 heterocycles. The third kappa shape index (κ3) is 2.52. The fourth-order valence-electron chi connectivity index (χ4n) is 1.38. The Morgan fingerprint density at radius 1 is 1.44 bits per heavy atom. The van der Waals surface area contributed by atoms with Crippen LogP contribution in [0.4, 0.5) is 0 Å². The zero-order chi connectivity index (χ0) is 13.3. The maximum Gasteiger partial charge on any atom is 0.338 e. The van der Waals surface area contributed by atoms with Gasteiger partial charge in [-0.05, 0) is 37.7 Å². The number of rotatable bonds is 3. The molecule has 0 aliphatic heterocycles. The molecular weight excluding hydrogens is 274 g/mol. The molecule has 0 atom stereocenters. The number of hydrogen-bond acceptors (Lipinski definition) is 4. The van der Waals surface area contributed by atoms with Crippen molar-refractivity contribution in [3.05, 3.63) is 40.2 Å². The monoisotopic (exact) mass is 283 g/mol. The number of carboxylic acid groups (broad SMARTS) is 1. The molecule has 1 N–H and O–H groups in total. The Bertz CT molecular complexity index is 590. The molecular formula is C12H10ClNO3S. The molecule has 1 aromatic carbocycles. The Labute approximate surface area is 113 Å². The Morgan fingerprint density at radius 3 is 2.72 bits per heavy atom. The molecule has 94 valence electrons. The van der Waals surface area contributed by atoms with Crippen LogP contribution in [0.3, 0.4) is 0 Å². The zero-order valence-electron chi connectivity index (χ0n) is 9.73. The summed E-state index contributed by atoms with van der Waals surface area (Å²) in [6.07, 6.45) is 0. The molecule has 0 radical (unpaired) electrons. The second kappa shape index (κ2) is 5.04.